The van der Waals surface area contributed by atoms with Crippen LogP contribution < -0.4 is 10.6 Å². The number of aromatic nitrogens is 4. The van der Waals surface area contributed by atoms with E-state index in [2.05, 4.69) is 20.9 Å². The molecule has 3 aromatic heterocycles. The summed E-state index contributed by atoms with van der Waals surface area (Å²) in [5, 5.41) is 13.9. The van der Waals surface area contributed by atoms with E-state index in [1.807, 2.05) is 0 Å². The molecule has 0 radical (unpaired) electrons. The quantitative estimate of drug-likeness (QED) is 0.287. The van der Waals surface area contributed by atoms with Gasteiger partial charge in [-0.05, 0) is 62.0 Å². The molecule has 2 atom stereocenters. The van der Waals surface area contributed by atoms with Gasteiger partial charge in [0.15, 0.2) is 11.4 Å². The molecule has 6 rings (SSSR count). The molecule has 0 spiro atoms. The number of carbonyl (C=O) groups excluding carboxylic acids is 2. The Labute approximate surface area is 237 Å². The lowest BCUT2D eigenvalue weighted by Gasteiger charge is -2.33. The van der Waals surface area contributed by atoms with Gasteiger partial charge in [-0.15, -0.1) is 0 Å². The normalized spacial score (nSPS) is 20.8. The lowest BCUT2D eigenvalue weighted by atomic mass is 9.81. The molecule has 0 bridgehead atoms. The number of nitrogens with zero attached hydrogens (tertiary/aromatic N) is 4. The highest BCUT2D eigenvalue weighted by Gasteiger charge is 2.41. The highest BCUT2D eigenvalue weighted by atomic mass is 19.4. The number of alkyl halides is 5. The van der Waals surface area contributed by atoms with Gasteiger partial charge in [0.05, 0.1) is 42.8 Å². The van der Waals surface area contributed by atoms with Crippen molar-refractivity contribution in [3.05, 3.63) is 47.2 Å². The van der Waals surface area contributed by atoms with Crippen molar-refractivity contribution >= 4 is 17.5 Å². The maximum absolute atomic E-state index is 14.0. The summed E-state index contributed by atoms with van der Waals surface area (Å²) in [6.45, 7) is 0. The zero-order valence-corrected chi connectivity index (χ0v) is 22.7. The summed E-state index contributed by atoms with van der Waals surface area (Å²) in [6, 6.07) is 0.527. The molecule has 3 aliphatic carbocycles. The van der Waals surface area contributed by atoms with Gasteiger partial charge in [-0.25, -0.2) is 18.3 Å². The van der Waals surface area contributed by atoms with Gasteiger partial charge in [-0.3, -0.25) is 9.59 Å². The number of imidazole rings is 1. The van der Waals surface area contributed by atoms with E-state index in [1.165, 1.54) is 10.7 Å². The maximum atomic E-state index is 14.0. The number of hydrogen-bond acceptors (Lipinski definition) is 6. The van der Waals surface area contributed by atoms with E-state index in [0.29, 0.717) is 28.2 Å². The highest BCUT2D eigenvalue weighted by molar-refractivity contribution is 5.95. The molecule has 3 saturated carbocycles. The molecule has 9 nitrogen and oxygen atoms in total. The zero-order chi connectivity index (χ0) is 29.6. The van der Waals surface area contributed by atoms with E-state index in [1.54, 1.807) is 18.5 Å². The average molecular weight is 595 g/mol. The Morgan fingerprint density at radius 1 is 1.02 bits per heavy atom. The molecule has 42 heavy (non-hydrogen) atoms. The number of amides is 2. The van der Waals surface area contributed by atoms with Crippen molar-refractivity contribution in [1.29, 1.82) is 0 Å². The molecule has 226 valence electrons. The van der Waals surface area contributed by atoms with Crippen molar-refractivity contribution < 1.29 is 36.1 Å². The van der Waals surface area contributed by atoms with Crippen LogP contribution in [0.15, 0.2) is 29.2 Å². The van der Waals surface area contributed by atoms with Gasteiger partial charge in [-0.1, -0.05) is 5.16 Å². The Balaban J connectivity index is 1.25. The molecule has 2 amide bonds. The van der Waals surface area contributed by atoms with Crippen molar-refractivity contribution in [3.63, 3.8) is 0 Å². The summed E-state index contributed by atoms with van der Waals surface area (Å²) in [5.41, 5.74) is 1.78. The second-order valence-corrected chi connectivity index (χ2v) is 11.8. The predicted molar refractivity (Wildman–Crippen MR) is 137 cm³/mol. The van der Waals surface area contributed by atoms with E-state index in [-0.39, 0.29) is 43.4 Å². The van der Waals surface area contributed by atoms with Gasteiger partial charge < -0.3 is 15.2 Å². The number of halogens is 5. The minimum absolute atomic E-state index is 0.0821. The fourth-order valence-electron chi connectivity index (χ4n) is 5.74. The van der Waals surface area contributed by atoms with Crippen molar-refractivity contribution in [1.82, 2.24) is 30.4 Å². The molecule has 14 heteroatoms. The third-order valence-electron chi connectivity index (χ3n) is 8.39. The smallest absolute Gasteiger partial charge is 0.360 e. The Morgan fingerprint density at radius 2 is 1.74 bits per heavy atom. The predicted octanol–water partition coefficient (Wildman–Crippen LogP) is 5.80. The van der Waals surface area contributed by atoms with Crippen molar-refractivity contribution in [3.8, 4) is 0 Å². The lowest BCUT2D eigenvalue weighted by molar-refractivity contribution is -0.144. The van der Waals surface area contributed by atoms with Gasteiger partial charge >= 0.3 is 6.18 Å². The Kier molecular flexibility index (Phi) is 7.42. The molecule has 3 fully saturated rings. The van der Waals surface area contributed by atoms with E-state index in [9.17, 15) is 31.5 Å². The molecule has 2 N–H and O–H groups in total. The summed E-state index contributed by atoms with van der Waals surface area (Å²) < 4.78 is 72.6. The number of fused-ring (bicyclic) bond motifs is 1. The zero-order valence-electron chi connectivity index (χ0n) is 22.7. The van der Waals surface area contributed by atoms with Gasteiger partial charge in [0.25, 0.3) is 5.91 Å². The third kappa shape index (κ3) is 6.57. The summed E-state index contributed by atoms with van der Waals surface area (Å²) in [5.74, 6) is -3.41. The fraction of sp³-hybridized carbons (Fsp3) is 0.607. The standard InChI is InChI=1S/C28H31F5N6O3/c29-27(30)8-5-16(6-9-27)24(38-26(41)19-13-35-42-25(19)17-3-4-17)20-14-39-21(36-20)11-18(12-34-39)23(15-1-2-15)37-22(40)7-10-28(31,32)33/h11-17,23-24H,1-10H2,(H,37,40)(H,38,41)/t23-,24+/m1/s1. The first-order valence-corrected chi connectivity index (χ1v) is 14.3. The van der Waals surface area contributed by atoms with Crippen molar-refractivity contribution in [2.75, 3.05) is 0 Å². The van der Waals surface area contributed by atoms with Gasteiger partial charge in [0.1, 0.15) is 5.56 Å². The topological polar surface area (TPSA) is 114 Å². The Morgan fingerprint density at radius 3 is 2.40 bits per heavy atom. The van der Waals surface area contributed by atoms with Crippen LogP contribution in [-0.4, -0.2) is 43.7 Å². The molecular weight excluding hydrogens is 563 g/mol. The van der Waals surface area contributed by atoms with Crippen LogP contribution in [-0.2, 0) is 4.79 Å². The van der Waals surface area contributed by atoms with Crippen LogP contribution in [0.3, 0.4) is 0 Å². The van der Waals surface area contributed by atoms with E-state index >= 15 is 0 Å². The molecular formula is C28H31F5N6O3. The third-order valence-corrected chi connectivity index (χ3v) is 8.39. The van der Waals surface area contributed by atoms with E-state index in [4.69, 9.17) is 9.51 Å². The number of carbonyl (C=O) groups is 2. The fourth-order valence-corrected chi connectivity index (χ4v) is 5.74. The van der Waals surface area contributed by atoms with Gasteiger partial charge in [0, 0.05) is 25.2 Å². The Hall–Kier alpha value is -3.58. The van der Waals surface area contributed by atoms with Crippen LogP contribution in [0.4, 0.5) is 22.0 Å². The SMILES string of the molecule is O=C(CCC(F)(F)F)N[C@@H](c1cnn2cc([C@@H](NC(=O)c3cnoc3C3CC3)C3CCC(F)(F)CC3)nc2c1)C1CC1. The van der Waals surface area contributed by atoms with Crippen molar-refractivity contribution in [2.45, 2.75) is 94.3 Å². The highest BCUT2D eigenvalue weighted by Crippen LogP contribution is 2.44. The molecule has 3 aromatic rings. The Bertz CT molecular complexity index is 1450. The van der Waals surface area contributed by atoms with Crippen LogP contribution in [0, 0.1) is 11.8 Å². The van der Waals surface area contributed by atoms with E-state index < -0.39 is 48.8 Å². The summed E-state index contributed by atoms with van der Waals surface area (Å²) in [7, 11) is 0. The lowest BCUT2D eigenvalue weighted by Crippen LogP contribution is -2.37. The first kappa shape index (κ1) is 28.5. The van der Waals surface area contributed by atoms with Gasteiger partial charge in [-0.2, -0.15) is 18.3 Å². The monoisotopic (exact) mass is 594 g/mol. The van der Waals surface area contributed by atoms with Crippen LogP contribution >= 0.6 is 0 Å². The maximum Gasteiger partial charge on any atom is 0.389 e. The number of rotatable bonds is 10. The van der Waals surface area contributed by atoms with Gasteiger partial charge in [0.2, 0.25) is 11.8 Å². The number of hydrogen-bond donors (Lipinski definition) is 2. The second kappa shape index (κ2) is 10.9. The average Bonchev–Trinajstić information content (AvgIpc) is 3.87. The molecule has 3 aliphatic rings. The summed E-state index contributed by atoms with van der Waals surface area (Å²) in [6.07, 6.45) is 1.51. The van der Waals surface area contributed by atoms with Crippen LogP contribution in [0.1, 0.15) is 110 Å². The molecule has 0 aromatic carbocycles. The van der Waals surface area contributed by atoms with E-state index in [0.717, 1.165) is 25.7 Å². The van der Waals surface area contributed by atoms with Crippen LogP contribution in [0.25, 0.3) is 5.65 Å². The van der Waals surface area contributed by atoms with Crippen LogP contribution in [0.5, 0.6) is 0 Å². The van der Waals surface area contributed by atoms with Crippen molar-refractivity contribution in [2.24, 2.45) is 11.8 Å². The molecule has 0 saturated heterocycles. The molecule has 3 heterocycles. The summed E-state index contributed by atoms with van der Waals surface area (Å²) >= 11 is 0. The molecule has 0 aliphatic heterocycles. The summed E-state index contributed by atoms with van der Waals surface area (Å²) in [4.78, 5) is 30.3. The molecule has 0 unspecified atom stereocenters. The number of nitrogens with one attached hydrogen (secondary N) is 2. The first-order chi connectivity index (χ1) is 20.0. The minimum Gasteiger partial charge on any atom is -0.360 e. The largest absolute Gasteiger partial charge is 0.389 e. The van der Waals surface area contributed by atoms with Crippen LogP contribution in [0.2, 0.25) is 0 Å². The minimum atomic E-state index is -4.42. The first-order valence-electron chi connectivity index (χ1n) is 14.3. The second-order valence-electron chi connectivity index (χ2n) is 11.8.